The van der Waals surface area contributed by atoms with Crippen LogP contribution in [-0.2, 0) is 10.0 Å². The summed E-state index contributed by atoms with van der Waals surface area (Å²) in [5.74, 6) is -1.16. The molecule has 9 heteroatoms. The quantitative estimate of drug-likeness (QED) is 0.836. The number of rotatable bonds is 6. The molecule has 0 fully saturated rings. The van der Waals surface area contributed by atoms with Crippen molar-refractivity contribution < 1.29 is 18.3 Å². The number of hydrogen-bond donors (Lipinski definition) is 2. The van der Waals surface area contributed by atoms with Crippen LogP contribution >= 0.6 is 22.7 Å². The zero-order valence-corrected chi connectivity index (χ0v) is 13.8. The molecule has 21 heavy (non-hydrogen) atoms. The second kappa shape index (κ2) is 6.22. The highest BCUT2D eigenvalue weighted by atomic mass is 32.2. The van der Waals surface area contributed by atoms with E-state index in [1.54, 1.807) is 13.1 Å². The van der Waals surface area contributed by atoms with Gasteiger partial charge in [-0.3, -0.25) is 0 Å². The molecule has 6 nitrogen and oxygen atoms in total. The van der Waals surface area contributed by atoms with E-state index in [9.17, 15) is 13.2 Å². The number of nitrogens with one attached hydrogen (secondary N) is 1. The fourth-order valence-electron chi connectivity index (χ4n) is 1.67. The molecule has 2 rings (SSSR count). The van der Waals surface area contributed by atoms with E-state index in [1.165, 1.54) is 17.4 Å². The Morgan fingerprint density at radius 2 is 2.24 bits per heavy atom. The summed E-state index contributed by atoms with van der Waals surface area (Å²) in [6, 6.07) is 1.38. The van der Waals surface area contributed by atoms with E-state index in [0.29, 0.717) is 5.56 Å². The molecule has 0 radical (unpaired) electrons. The average molecular weight is 346 g/mol. The lowest BCUT2D eigenvalue weighted by molar-refractivity contribution is 0.0701. The number of thiophene rings is 1. The number of carbonyl (C=O) groups is 1. The largest absolute Gasteiger partial charge is 0.477 e. The Balaban J connectivity index is 2.12. The van der Waals surface area contributed by atoms with Crippen molar-refractivity contribution in [3.63, 3.8) is 0 Å². The van der Waals surface area contributed by atoms with Crippen LogP contribution in [0.3, 0.4) is 0 Å². The van der Waals surface area contributed by atoms with Gasteiger partial charge in [0, 0.05) is 24.0 Å². The minimum absolute atomic E-state index is 0.0174. The Hall–Kier alpha value is -1.29. The highest BCUT2D eigenvalue weighted by Crippen LogP contribution is 2.26. The number of carboxylic acid groups (broad SMARTS) is 1. The van der Waals surface area contributed by atoms with E-state index in [0.717, 1.165) is 16.3 Å². The zero-order valence-electron chi connectivity index (χ0n) is 11.4. The molecule has 0 aliphatic heterocycles. The fourth-order valence-corrected chi connectivity index (χ4v) is 4.92. The third-order valence-corrected chi connectivity index (χ3v) is 6.94. The highest BCUT2D eigenvalue weighted by molar-refractivity contribution is 7.91. The van der Waals surface area contributed by atoms with Crippen LogP contribution in [0.4, 0.5) is 0 Å². The first-order valence-corrected chi connectivity index (χ1v) is 9.22. The highest BCUT2D eigenvalue weighted by Gasteiger charge is 2.22. The predicted octanol–water partition coefficient (Wildman–Crippen LogP) is 2.29. The van der Waals surface area contributed by atoms with Crippen LogP contribution < -0.4 is 4.72 Å². The summed E-state index contributed by atoms with van der Waals surface area (Å²) < 4.78 is 26.9. The molecule has 2 aromatic rings. The Labute approximate surface area is 130 Å². The second-order valence-electron chi connectivity index (χ2n) is 4.51. The number of sulfonamides is 1. The van der Waals surface area contributed by atoms with Crippen LogP contribution in [0.15, 0.2) is 21.9 Å². The summed E-state index contributed by atoms with van der Waals surface area (Å²) in [6.45, 7) is 3.68. The topological polar surface area (TPSA) is 96.4 Å². The monoisotopic (exact) mass is 346 g/mol. The minimum atomic E-state index is -3.70. The summed E-state index contributed by atoms with van der Waals surface area (Å²) in [4.78, 5) is 15.2. The van der Waals surface area contributed by atoms with Crippen LogP contribution in [0.5, 0.6) is 0 Å². The molecule has 0 saturated heterocycles. The van der Waals surface area contributed by atoms with Gasteiger partial charge in [-0.05, 0) is 18.6 Å². The van der Waals surface area contributed by atoms with Gasteiger partial charge in [0.2, 0.25) is 10.0 Å². The lowest BCUT2D eigenvalue weighted by Crippen LogP contribution is -2.27. The average Bonchev–Trinajstić information content (AvgIpc) is 3.05. The summed E-state index contributed by atoms with van der Waals surface area (Å²) in [5.41, 5.74) is 0.445. The summed E-state index contributed by atoms with van der Waals surface area (Å²) in [6.07, 6.45) is 1.67. The summed E-state index contributed by atoms with van der Waals surface area (Å²) in [5, 5.41) is 11.7. The Kier molecular flexibility index (Phi) is 4.77. The normalized spacial score (nSPS) is 13.2. The van der Waals surface area contributed by atoms with Crippen molar-refractivity contribution in [2.75, 3.05) is 6.54 Å². The van der Waals surface area contributed by atoms with Crippen LogP contribution in [0, 0.1) is 6.92 Å². The molecule has 0 aliphatic carbocycles. The molecular weight excluding hydrogens is 332 g/mol. The molecule has 2 N–H and O–H groups in total. The molecule has 0 spiro atoms. The molecule has 2 aromatic heterocycles. The van der Waals surface area contributed by atoms with Crippen molar-refractivity contribution in [2.24, 2.45) is 0 Å². The van der Waals surface area contributed by atoms with Gasteiger partial charge in [0.05, 0.1) is 5.01 Å². The van der Waals surface area contributed by atoms with Gasteiger partial charge in [0.15, 0.2) is 0 Å². The lowest BCUT2D eigenvalue weighted by Gasteiger charge is -2.09. The lowest BCUT2D eigenvalue weighted by atomic mass is 10.2. The van der Waals surface area contributed by atoms with Crippen molar-refractivity contribution in [2.45, 2.75) is 24.0 Å². The van der Waals surface area contributed by atoms with Crippen LogP contribution in [0.2, 0.25) is 0 Å². The minimum Gasteiger partial charge on any atom is -0.477 e. The first-order valence-electron chi connectivity index (χ1n) is 6.04. The van der Waals surface area contributed by atoms with Gasteiger partial charge >= 0.3 is 5.97 Å². The van der Waals surface area contributed by atoms with Crippen LogP contribution in [-0.4, -0.2) is 31.0 Å². The molecular formula is C12H14N2O4S3. The molecule has 0 amide bonds. The van der Waals surface area contributed by atoms with Gasteiger partial charge in [-0.15, -0.1) is 22.7 Å². The zero-order chi connectivity index (χ0) is 15.6. The van der Waals surface area contributed by atoms with Crippen LogP contribution in [0.25, 0.3) is 0 Å². The molecule has 2 heterocycles. The first-order chi connectivity index (χ1) is 9.81. The number of thiazole rings is 1. The third-order valence-electron chi connectivity index (χ3n) is 2.81. The second-order valence-corrected chi connectivity index (χ2v) is 8.48. The molecule has 1 unspecified atom stereocenters. The SMILES string of the molecule is Cc1cc(S(=O)(=O)NCC(C)c2nccs2)sc1C(=O)O. The molecule has 1 atom stereocenters. The van der Waals surface area contributed by atoms with E-state index < -0.39 is 16.0 Å². The number of carboxylic acids is 1. The summed E-state index contributed by atoms with van der Waals surface area (Å²) >= 11 is 2.23. The maximum atomic E-state index is 12.2. The Morgan fingerprint density at radius 1 is 1.52 bits per heavy atom. The van der Waals surface area contributed by atoms with Crippen molar-refractivity contribution >= 4 is 38.7 Å². The summed E-state index contributed by atoms with van der Waals surface area (Å²) in [7, 11) is -3.70. The maximum absolute atomic E-state index is 12.2. The molecule has 0 aromatic carbocycles. The van der Waals surface area contributed by atoms with Gasteiger partial charge in [-0.25, -0.2) is 22.9 Å². The fraction of sp³-hybridized carbons (Fsp3) is 0.333. The molecule has 114 valence electrons. The van der Waals surface area contributed by atoms with E-state index >= 15 is 0 Å². The molecule has 0 aliphatic rings. The number of hydrogen-bond acceptors (Lipinski definition) is 6. The number of aromatic carboxylic acids is 1. The van der Waals surface area contributed by atoms with Gasteiger partial charge in [0.1, 0.15) is 9.09 Å². The number of aryl methyl sites for hydroxylation is 1. The standard InChI is InChI=1S/C12H14N2O4S3/c1-7-5-9(20-10(7)12(15)16)21(17,18)14-6-8(2)11-13-3-4-19-11/h3-5,8,14H,6H2,1-2H3,(H,15,16). The van der Waals surface area contributed by atoms with E-state index in [2.05, 4.69) is 9.71 Å². The van der Waals surface area contributed by atoms with E-state index in [4.69, 9.17) is 5.11 Å². The number of nitrogens with zero attached hydrogens (tertiary/aromatic N) is 1. The maximum Gasteiger partial charge on any atom is 0.346 e. The molecule has 0 bridgehead atoms. The van der Waals surface area contributed by atoms with Gasteiger partial charge in [-0.2, -0.15) is 0 Å². The van der Waals surface area contributed by atoms with Gasteiger partial charge in [-0.1, -0.05) is 6.92 Å². The van der Waals surface area contributed by atoms with E-state index in [-0.39, 0.29) is 21.5 Å². The predicted molar refractivity (Wildman–Crippen MR) is 81.7 cm³/mol. The third kappa shape index (κ3) is 3.67. The van der Waals surface area contributed by atoms with Gasteiger partial charge < -0.3 is 5.11 Å². The van der Waals surface area contributed by atoms with Crippen molar-refractivity contribution in [3.05, 3.63) is 33.1 Å². The Morgan fingerprint density at radius 3 is 2.76 bits per heavy atom. The van der Waals surface area contributed by atoms with Gasteiger partial charge in [0.25, 0.3) is 0 Å². The molecule has 0 saturated carbocycles. The van der Waals surface area contributed by atoms with Crippen molar-refractivity contribution in [1.82, 2.24) is 9.71 Å². The van der Waals surface area contributed by atoms with Crippen molar-refractivity contribution in [1.29, 1.82) is 0 Å². The number of aromatic nitrogens is 1. The Bertz CT molecular complexity index is 735. The van der Waals surface area contributed by atoms with Crippen molar-refractivity contribution in [3.8, 4) is 0 Å². The smallest absolute Gasteiger partial charge is 0.346 e. The van der Waals surface area contributed by atoms with Crippen LogP contribution in [0.1, 0.15) is 33.1 Å². The first kappa shape index (κ1) is 16.1. The van der Waals surface area contributed by atoms with E-state index in [1.807, 2.05) is 12.3 Å².